The number of epoxide rings is 1. The van der Waals surface area contributed by atoms with Gasteiger partial charge < -0.3 is 4.74 Å². The van der Waals surface area contributed by atoms with Gasteiger partial charge in [0, 0.05) is 6.04 Å². The Morgan fingerprint density at radius 2 is 1.80 bits per heavy atom. The highest BCUT2D eigenvalue weighted by atomic mass is 16.6. The lowest BCUT2D eigenvalue weighted by Gasteiger charge is -2.21. The molecule has 1 saturated heterocycles. The van der Waals surface area contributed by atoms with Gasteiger partial charge in [-0.1, -0.05) is 19.3 Å². The highest BCUT2D eigenvalue weighted by Gasteiger charge is 2.26. The molecule has 2 nitrogen and oxygen atoms in total. The molecular weight excluding hydrogens is 126 g/mol. The van der Waals surface area contributed by atoms with Crippen molar-refractivity contribution in [3.8, 4) is 0 Å². The number of hydrogen-bond donors (Lipinski definition) is 1. The van der Waals surface area contributed by atoms with E-state index in [2.05, 4.69) is 5.32 Å². The predicted octanol–water partition coefficient (Wildman–Crippen LogP) is 1.26. The highest BCUT2D eigenvalue weighted by Crippen LogP contribution is 2.19. The molecule has 0 aromatic carbocycles. The summed E-state index contributed by atoms with van der Waals surface area (Å²) in [6.07, 6.45) is 7.39. The van der Waals surface area contributed by atoms with E-state index in [0.717, 1.165) is 12.6 Å². The third-order valence-electron chi connectivity index (χ3n) is 2.36. The van der Waals surface area contributed by atoms with Gasteiger partial charge in [0.05, 0.1) is 6.61 Å². The van der Waals surface area contributed by atoms with Crippen LogP contribution in [0.4, 0.5) is 0 Å². The number of nitrogens with one attached hydrogen (secondary N) is 1. The molecule has 2 aliphatic rings. The first-order valence-corrected chi connectivity index (χ1v) is 4.33. The van der Waals surface area contributed by atoms with E-state index in [0.29, 0.717) is 6.23 Å². The van der Waals surface area contributed by atoms with Crippen molar-refractivity contribution in [2.45, 2.75) is 44.4 Å². The molecule has 1 N–H and O–H groups in total. The molecule has 2 heteroatoms. The van der Waals surface area contributed by atoms with Crippen molar-refractivity contribution >= 4 is 0 Å². The van der Waals surface area contributed by atoms with Crippen LogP contribution in [-0.2, 0) is 4.74 Å². The van der Waals surface area contributed by atoms with Crippen LogP contribution in [0.2, 0.25) is 0 Å². The van der Waals surface area contributed by atoms with E-state index in [-0.39, 0.29) is 0 Å². The smallest absolute Gasteiger partial charge is 0.132 e. The van der Waals surface area contributed by atoms with Crippen LogP contribution in [-0.4, -0.2) is 18.9 Å². The zero-order valence-corrected chi connectivity index (χ0v) is 6.31. The van der Waals surface area contributed by atoms with Crippen molar-refractivity contribution in [2.75, 3.05) is 6.61 Å². The zero-order chi connectivity index (χ0) is 6.81. The average Bonchev–Trinajstić information content (AvgIpc) is 2.74. The van der Waals surface area contributed by atoms with Gasteiger partial charge in [-0.3, -0.25) is 5.32 Å². The molecule has 1 unspecified atom stereocenters. The lowest BCUT2D eigenvalue weighted by Crippen LogP contribution is -2.33. The molecular formula is C8H15NO. The topological polar surface area (TPSA) is 24.6 Å². The van der Waals surface area contributed by atoms with Crippen LogP contribution in [0.3, 0.4) is 0 Å². The summed E-state index contributed by atoms with van der Waals surface area (Å²) in [5.74, 6) is 0. The maximum Gasteiger partial charge on any atom is 0.132 e. The summed E-state index contributed by atoms with van der Waals surface area (Å²) in [7, 11) is 0. The van der Waals surface area contributed by atoms with E-state index in [1.807, 2.05) is 0 Å². The number of hydrogen-bond acceptors (Lipinski definition) is 2. The molecule has 1 atom stereocenters. The van der Waals surface area contributed by atoms with Gasteiger partial charge in [-0.05, 0) is 12.8 Å². The minimum absolute atomic E-state index is 0.420. The third-order valence-corrected chi connectivity index (χ3v) is 2.36. The van der Waals surface area contributed by atoms with E-state index in [4.69, 9.17) is 4.74 Å². The molecule has 58 valence electrons. The molecule has 0 amide bonds. The van der Waals surface area contributed by atoms with E-state index in [1.54, 1.807) is 0 Å². The quantitative estimate of drug-likeness (QED) is 0.585. The van der Waals surface area contributed by atoms with E-state index < -0.39 is 0 Å². The molecule has 1 aliphatic heterocycles. The van der Waals surface area contributed by atoms with Crippen LogP contribution >= 0.6 is 0 Å². The van der Waals surface area contributed by atoms with Gasteiger partial charge in [0.1, 0.15) is 6.23 Å². The van der Waals surface area contributed by atoms with E-state index in [9.17, 15) is 0 Å². The number of ether oxygens (including phenoxy) is 1. The van der Waals surface area contributed by atoms with Gasteiger partial charge in [-0.15, -0.1) is 0 Å². The first kappa shape index (κ1) is 6.62. The second-order valence-electron chi connectivity index (χ2n) is 3.32. The first-order chi connectivity index (χ1) is 4.95. The summed E-state index contributed by atoms with van der Waals surface area (Å²) < 4.78 is 5.10. The van der Waals surface area contributed by atoms with Crippen molar-refractivity contribution in [3.05, 3.63) is 0 Å². The molecule has 0 aromatic heterocycles. The lowest BCUT2D eigenvalue weighted by molar-refractivity contribution is 0.300. The molecule has 2 fully saturated rings. The molecule has 0 aromatic rings. The molecule has 0 spiro atoms. The lowest BCUT2D eigenvalue weighted by atomic mass is 9.96. The normalized spacial score (nSPS) is 34.2. The Kier molecular flexibility index (Phi) is 1.91. The molecule has 0 radical (unpaired) electrons. The summed E-state index contributed by atoms with van der Waals surface area (Å²) in [4.78, 5) is 0. The Labute approximate surface area is 61.9 Å². The van der Waals surface area contributed by atoms with E-state index in [1.165, 1.54) is 32.1 Å². The van der Waals surface area contributed by atoms with Gasteiger partial charge in [0.2, 0.25) is 0 Å². The Morgan fingerprint density at radius 3 is 2.40 bits per heavy atom. The summed E-state index contributed by atoms with van der Waals surface area (Å²) in [6, 6.07) is 0.765. The van der Waals surface area contributed by atoms with Gasteiger partial charge in [0.25, 0.3) is 0 Å². The SMILES string of the molecule is C1CCC(NC2CO2)CC1. The predicted molar refractivity (Wildman–Crippen MR) is 39.7 cm³/mol. The Morgan fingerprint density at radius 1 is 1.10 bits per heavy atom. The second kappa shape index (κ2) is 2.89. The van der Waals surface area contributed by atoms with Crippen LogP contribution in [0.25, 0.3) is 0 Å². The largest absolute Gasteiger partial charge is 0.357 e. The van der Waals surface area contributed by atoms with Crippen molar-refractivity contribution < 1.29 is 4.74 Å². The summed E-state index contributed by atoms with van der Waals surface area (Å²) in [6.45, 7) is 0.941. The molecule has 0 bridgehead atoms. The summed E-state index contributed by atoms with van der Waals surface area (Å²) in [5, 5.41) is 3.47. The summed E-state index contributed by atoms with van der Waals surface area (Å²) in [5.41, 5.74) is 0. The Balaban J connectivity index is 1.69. The van der Waals surface area contributed by atoms with Crippen molar-refractivity contribution in [3.63, 3.8) is 0 Å². The molecule has 1 heterocycles. The van der Waals surface area contributed by atoms with Crippen LogP contribution in [0.15, 0.2) is 0 Å². The molecule has 1 saturated carbocycles. The Hall–Kier alpha value is -0.0800. The van der Waals surface area contributed by atoms with Crippen LogP contribution < -0.4 is 5.32 Å². The van der Waals surface area contributed by atoms with Crippen molar-refractivity contribution in [2.24, 2.45) is 0 Å². The van der Waals surface area contributed by atoms with Gasteiger partial charge in [-0.2, -0.15) is 0 Å². The van der Waals surface area contributed by atoms with Crippen molar-refractivity contribution in [1.29, 1.82) is 0 Å². The average molecular weight is 141 g/mol. The first-order valence-electron chi connectivity index (χ1n) is 4.33. The molecule has 10 heavy (non-hydrogen) atoms. The molecule has 1 aliphatic carbocycles. The monoisotopic (exact) mass is 141 g/mol. The maximum absolute atomic E-state index is 5.10. The zero-order valence-electron chi connectivity index (χ0n) is 6.31. The van der Waals surface area contributed by atoms with E-state index >= 15 is 0 Å². The Bertz CT molecular complexity index is 106. The number of rotatable bonds is 2. The van der Waals surface area contributed by atoms with Gasteiger partial charge >= 0.3 is 0 Å². The van der Waals surface area contributed by atoms with Crippen molar-refractivity contribution in [1.82, 2.24) is 5.32 Å². The van der Waals surface area contributed by atoms with Gasteiger partial charge in [0.15, 0.2) is 0 Å². The fourth-order valence-electron chi connectivity index (χ4n) is 1.68. The van der Waals surface area contributed by atoms with Crippen LogP contribution in [0.1, 0.15) is 32.1 Å². The minimum Gasteiger partial charge on any atom is -0.357 e. The van der Waals surface area contributed by atoms with Crippen LogP contribution in [0, 0.1) is 0 Å². The standard InChI is InChI=1S/C8H15NO/c1-2-4-7(5-3-1)9-8-6-10-8/h7-9H,1-6H2. The summed E-state index contributed by atoms with van der Waals surface area (Å²) >= 11 is 0. The fraction of sp³-hybridized carbons (Fsp3) is 1.00. The maximum atomic E-state index is 5.10. The van der Waals surface area contributed by atoms with Crippen LogP contribution in [0.5, 0.6) is 0 Å². The minimum atomic E-state index is 0.420. The second-order valence-corrected chi connectivity index (χ2v) is 3.32. The highest BCUT2D eigenvalue weighted by molar-refractivity contribution is 4.77. The molecule has 2 rings (SSSR count). The van der Waals surface area contributed by atoms with Gasteiger partial charge in [-0.25, -0.2) is 0 Å². The fourth-order valence-corrected chi connectivity index (χ4v) is 1.68. The third kappa shape index (κ3) is 1.70.